The van der Waals surface area contributed by atoms with Gasteiger partial charge in [0.05, 0.1) is 7.11 Å². The first-order chi connectivity index (χ1) is 11.5. The molecule has 0 saturated heterocycles. The molecule has 2 nitrogen and oxygen atoms in total. The van der Waals surface area contributed by atoms with Crippen LogP contribution in [0, 0.1) is 12.8 Å². The topological polar surface area (TPSA) is 26.3 Å². The van der Waals surface area contributed by atoms with Gasteiger partial charge in [-0.25, -0.2) is 0 Å². The minimum atomic E-state index is 0.278. The molecule has 1 aromatic carbocycles. The number of carbonyl (C=O) groups excluding carboxylic acids is 1. The van der Waals surface area contributed by atoms with Gasteiger partial charge in [-0.1, -0.05) is 79.9 Å². The molecule has 0 spiro atoms. The quantitative estimate of drug-likeness (QED) is 0.546. The van der Waals surface area contributed by atoms with Gasteiger partial charge in [0, 0.05) is 12.3 Å². The summed E-state index contributed by atoms with van der Waals surface area (Å²) in [5.41, 5.74) is 1.23. The van der Waals surface area contributed by atoms with Crippen LogP contribution in [0.2, 0.25) is 0 Å². The lowest BCUT2D eigenvalue weighted by molar-refractivity contribution is -0.122. The number of hydrogen-bond acceptors (Lipinski definition) is 2. The van der Waals surface area contributed by atoms with E-state index in [4.69, 9.17) is 4.74 Å². The van der Waals surface area contributed by atoms with Gasteiger partial charge >= 0.3 is 0 Å². The Kier molecular flexibility index (Phi) is 24.9. The van der Waals surface area contributed by atoms with E-state index in [0.29, 0.717) is 12.2 Å². The molecule has 1 unspecified atom stereocenters. The SMILES string of the molecule is CC.CCC(=O)C(C)CC.CCCCC.COc1cccc(C)c1. The summed E-state index contributed by atoms with van der Waals surface area (Å²) < 4.78 is 5.00. The van der Waals surface area contributed by atoms with Gasteiger partial charge in [0.15, 0.2) is 0 Å². The van der Waals surface area contributed by atoms with E-state index < -0.39 is 0 Å². The average Bonchev–Trinajstić information content (AvgIpc) is 2.63. The number of hydrogen-bond donors (Lipinski definition) is 0. The molecule has 0 radical (unpaired) electrons. The van der Waals surface area contributed by atoms with Gasteiger partial charge in [0.25, 0.3) is 0 Å². The van der Waals surface area contributed by atoms with Crippen LogP contribution >= 0.6 is 0 Å². The molecule has 0 aliphatic carbocycles. The summed E-state index contributed by atoms with van der Waals surface area (Å²) in [5.74, 6) is 1.59. The van der Waals surface area contributed by atoms with Crippen molar-refractivity contribution in [3.63, 3.8) is 0 Å². The number of unbranched alkanes of at least 4 members (excludes halogenated alkanes) is 2. The summed E-state index contributed by atoms with van der Waals surface area (Å²) in [6.07, 6.45) is 5.74. The molecule has 1 rings (SSSR count). The number of carbonyl (C=O) groups is 1. The molecule has 0 heterocycles. The largest absolute Gasteiger partial charge is 0.497 e. The minimum Gasteiger partial charge on any atom is -0.497 e. The second kappa shape index (κ2) is 21.7. The zero-order chi connectivity index (χ0) is 19.4. The third-order valence-corrected chi connectivity index (χ3v) is 3.44. The van der Waals surface area contributed by atoms with Crippen molar-refractivity contribution < 1.29 is 9.53 Å². The molecule has 0 saturated carbocycles. The number of rotatable bonds is 6. The van der Waals surface area contributed by atoms with E-state index in [0.717, 1.165) is 12.2 Å². The van der Waals surface area contributed by atoms with Gasteiger partial charge in [0.1, 0.15) is 11.5 Å². The molecule has 0 bridgehead atoms. The van der Waals surface area contributed by atoms with Gasteiger partial charge in [-0.05, 0) is 31.0 Å². The standard InChI is InChI=1S/C8H10O.C7H14O.C5H12.C2H6/c1-7-4-3-5-8(6-7)9-2;1-4-6(3)7(8)5-2;1-3-5-4-2;1-2/h3-6H,1-2H3;6H,4-5H2,1-3H3;3-5H2,1-2H3;1-2H3. The van der Waals surface area contributed by atoms with E-state index in [1.165, 1.54) is 24.8 Å². The summed E-state index contributed by atoms with van der Waals surface area (Å²) in [6, 6.07) is 7.96. The van der Waals surface area contributed by atoms with Crippen LogP contribution in [0.5, 0.6) is 5.75 Å². The summed E-state index contributed by atoms with van der Waals surface area (Å²) >= 11 is 0. The van der Waals surface area contributed by atoms with E-state index in [1.54, 1.807) is 7.11 Å². The van der Waals surface area contributed by atoms with Gasteiger partial charge in [-0.2, -0.15) is 0 Å². The molecule has 1 atom stereocenters. The monoisotopic (exact) mass is 338 g/mol. The third kappa shape index (κ3) is 18.7. The Bertz CT molecular complexity index is 370. The van der Waals surface area contributed by atoms with Crippen LogP contribution in [0.15, 0.2) is 24.3 Å². The van der Waals surface area contributed by atoms with E-state index in [9.17, 15) is 4.79 Å². The molecule has 142 valence electrons. The van der Waals surface area contributed by atoms with Crippen LogP contribution in [-0.4, -0.2) is 12.9 Å². The van der Waals surface area contributed by atoms with Crippen LogP contribution in [0.3, 0.4) is 0 Å². The summed E-state index contributed by atoms with van der Waals surface area (Å²) in [6.45, 7) is 16.4. The highest BCUT2D eigenvalue weighted by Gasteiger charge is 2.05. The first kappa shape index (κ1) is 27.5. The smallest absolute Gasteiger partial charge is 0.135 e. The fourth-order valence-electron chi connectivity index (χ4n) is 1.67. The van der Waals surface area contributed by atoms with Crippen molar-refractivity contribution in [2.24, 2.45) is 5.92 Å². The van der Waals surface area contributed by atoms with Crippen LogP contribution in [-0.2, 0) is 4.79 Å². The molecule has 0 aliphatic heterocycles. The van der Waals surface area contributed by atoms with Crippen molar-refractivity contribution in [3.8, 4) is 5.75 Å². The zero-order valence-corrected chi connectivity index (χ0v) is 17.7. The number of Topliss-reactive ketones (excluding diaryl/α,β-unsaturated/α-hetero) is 1. The molecule has 0 aliphatic rings. The highest BCUT2D eigenvalue weighted by atomic mass is 16.5. The predicted molar refractivity (Wildman–Crippen MR) is 109 cm³/mol. The summed E-state index contributed by atoms with van der Waals surface area (Å²) in [5, 5.41) is 0. The lowest BCUT2D eigenvalue weighted by Crippen LogP contribution is -2.06. The lowest BCUT2D eigenvalue weighted by Gasteiger charge is -2.02. The van der Waals surface area contributed by atoms with Crippen LogP contribution in [0.4, 0.5) is 0 Å². The van der Waals surface area contributed by atoms with E-state index in [-0.39, 0.29) is 5.92 Å². The number of benzene rings is 1. The summed E-state index contributed by atoms with van der Waals surface area (Å²) in [4.78, 5) is 10.7. The molecule has 0 amide bonds. The van der Waals surface area contributed by atoms with Crippen molar-refractivity contribution >= 4 is 5.78 Å². The maximum absolute atomic E-state index is 10.7. The first-order valence-corrected chi connectivity index (χ1v) is 9.59. The molecule has 1 aromatic rings. The van der Waals surface area contributed by atoms with Gasteiger partial charge in [-0.15, -0.1) is 0 Å². The maximum Gasteiger partial charge on any atom is 0.135 e. The highest BCUT2D eigenvalue weighted by Crippen LogP contribution is 2.10. The minimum absolute atomic E-state index is 0.278. The first-order valence-electron chi connectivity index (χ1n) is 9.59. The number of ketones is 1. The van der Waals surface area contributed by atoms with Crippen molar-refractivity contribution in [3.05, 3.63) is 29.8 Å². The second-order valence-electron chi connectivity index (χ2n) is 5.50. The second-order valence-corrected chi connectivity index (χ2v) is 5.50. The van der Waals surface area contributed by atoms with Crippen molar-refractivity contribution in [1.82, 2.24) is 0 Å². The summed E-state index contributed by atoms with van der Waals surface area (Å²) in [7, 11) is 1.68. The third-order valence-electron chi connectivity index (χ3n) is 3.44. The van der Waals surface area contributed by atoms with Gasteiger partial charge in [0.2, 0.25) is 0 Å². The Balaban J connectivity index is -0.000000272. The Morgan fingerprint density at radius 1 is 1.08 bits per heavy atom. The normalized spacial score (nSPS) is 9.88. The highest BCUT2D eigenvalue weighted by molar-refractivity contribution is 5.80. The van der Waals surface area contributed by atoms with Gasteiger partial charge in [-0.3, -0.25) is 4.79 Å². The Labute approximate surface area is 152 Å². The lowest BCUT2D eigenvalue weighted by atomic mass is 10.0. The van der Waals surface area contributed by atoms with Crippen LogP contribution < -0.4 is 4.74 Å². The molecule has 0 N–H and O–H groups in total. The Morgan fingerprint density at radius 3 is 1.83 bits per heavy atom. The fourth-order valence-corrected chi connectivity index (χ4v) is 1.67. The number of ether oxygens (including phenoxy) is 1. The molecule has 24 heavy (non-hydrogen) atoms. The molecule has 0 fully saturated rings. The van der Waals surface area contributed by atoms with E-state index in [1.807, 2.05) is 65.8 Å². The zero-order valence-electron chi connectivity index (χ0n) is 17.7. The number of methoxy groups -OCH3 is 1. The fraction of sp³-hybridized carbons (Fsp3) is 0.682. The maximum atomic E-state index is 10.7. The number of aryl methyl sites for hydroxylation is 1. The van der Waals surface area contributed by atoms with Crippen molar-refractivity contribution in [1.29, 1.82) is 0 Å². The Hall–Kier alpha value is -1.31. The van der Waals surface area contributed by atoms with E-state index in [2.05, 4.69) is 13.8 Å². The van der Waals surface area contributed by atoms with Crippen molar-refractivity contribution in [2.75, 3.05) is 7.11 Å². The van der Waals surface area contributed by atoms with Crippen molar-refractivity contribution in [2.45, 2.75) is 87.5 Å². The molecular formula is C22H42O2. The average molecular weight is 339 g/mol. The molecular weight excluding hydrogens is 296 g/mol. The van der Waals surface area contributed by atoms with Gasteiger partial charge < -0.3 is 4.74 Å². The molecule has 0 aromatic heterocycles. The Morgan fingerprint density at radius 2 is 1.62 bits per heavy atom. The van der Waals surface area contributed by atoms with Crippen LogP contribution in [0.25, 0.3) is 0 Å². The van der Waals surface area contributed by atoms with E-state index >= 15 is 0 Å². The molecule has 2 heteroatoms. The van der Waals surface area contributed by atoms with Crippen LogP contribution in [0.1, 0.15) is 86.1 Å². The predicted octanol–water partition coefficient (Wildman–Crippen LogP) is 7.24.